The highest BCUT2D eigenvalue weighted by atomic mass is 16.5. The van der Waals surface area contributed by atoms with Gasteiger partial charge in [0.2, 0.25) is 0 Å². The molecule has 2 heterocycles. The number of aromatic nitrogens is 2. The maximum atomic E-state index is 13.3. The van der Waals surface area contributed by atoms with E-state index in [1.807, 2.05) is 50.5 Å². The Bertz CT molecular complexity index is 1190. The first kappa shape index (κ1) is 20.7. The molecule has 0 bridgehead atoms. The van der Waals surface area contributed by atoms with Crippen LogP contribution in [0, 0.1) is 0 Å². The van der Waals surface area contributed by atoms with E-state index >= 15 is 0 Å². The predicted molar refractivity (Wildman–Crippen MR) is 123 cm³/mol. The van der Waals surface area contributed by atoms with E-state index in [1.165, 1.54) is 16.5 Å². The number of amides is 1. The minimum Gasteiger partial charge on any atom is -0.497 e. The highest BCUT2D eigenvalue weighted by Crippen LogP contribution is 2.21. The third-order valence-corrected chi connectivity index (χ3v) is 5.73. The predicted octanol–water partition coefficient (Wildman–Crippen LogP) is 4.64. The molecular formula is C26H27N3O2. The Morgan fingerprint density at radius 1 is 1.03 bits per heavy atom. The summed E-state index contributed by atoms with van der Waals surface area (Å²) in [4.78, 5) is 19.5. The number of fused-ring (bicyclic) bond motifs is 1. The number of hydrogen-bond donors (Lipinski definition) is 0. The number of para-hydroxylation sites is 1. The van der Waals surface area contributed by atoms with Crippen molar-refractivity contribution in [1.82, 2.24) is 14.5 Å². The molecule has 0 aliphatic carbocycles. The second-order valence-electron chi connectivity index (χ2n) is 7.76. The Balaban J connectivity index is 1.49. The molecule has 0 radical (unpaired) electrons. The maximum Gasteiger partial charge on any atom is 0.255 e. The van der Waals surface area contributed by atoms with Crippen LogP contribution in [0.4, 0.5) is 0 Å². The van der Waals surface area contributed by atoms with Crippen LogP contribution in [-0.4, -0.2) is 34.5 Å². The highest BCUT2D eigenvalue weighted by molar-refractivity contribution is 5.95. The third kappa shape index (κ3) is 4.45. The smallest absolute Gasteiger partial charge is 0.255 e. The molecule has 4 aromatic rings. The van der Waals surface area contributed by atoms with E-state index in [0.717, 1.165) is 23.6 Å². The molecule has 0 unspecified atom stereocenters. The Hall–Kier alpha value is -3.60. The molecule has 158 valence electrons. The number of methoxy groups -OCH3 is 1. The van der Waals surface area contributed by atoms with E-state index < -0.39 is 0 Å². The molecule has 4 rings (SSSR count). The van der Waals surface area contributed by atoms with E-state index in [-0.39, 0.29) is 5.91 Å². The number of carbonyl (C=O) groups excluding carboxylic acids is 1. The Morgan fingerprint density at radius 2 is 1.81 bits per heavy atom. The summed E-state index contributed by atoms with van der Waals surface area (Å²) >= 11 is 0. The van der Waals surface area contributed by atoms with Crippen LogP contribution in [0.5, 0.6) is 5.75 Å². The van der Waals surface area contributed by atoms with Gasteiger partial charge in [-0.2, -0.15) is 0 Å². The van der Waals surface area contributed by atoms with Gasteiger partial charge in [0, 0.05) is 31.5 Å². The summed E-state index contributed by atoms with van der Waals surface area (Å²) in [5.74, 6) is 0.829. The van der Waals surface area contributed by atoms with E-state index in [0.29, 0.717) is 18.5 Å². The van der Waals surface area contributed by atoms with Gasteiger partial charge in [-0.25, -0.2) is 0 Å². The Kier molecular flexibility index (Phi) is 6.03. The van der Waals surface area contributed by atoms with Crippen LogP contribution in [0.1, 0.15) is 27.3 Å². The fraction of sp³-hybridized carbons (Fsp3) is 0.231. The van der Waals surface area contributed by atoms with Crippen molar-refractivity contribution in [2.45, 2.75) is 19.4 Å². The number of aryl methyl sites for hydroxylation is 3. The van der Waals surface area contributed by atoms with Crippen LogP contribution < -0.4 is 4.74 Å². The number of carbonyl (C=O) groups is 1. The van der Waals surface area contributed by atoms with Gasteiger partial charge in [-0.15, -0.1) is 0 Å². The van der Waals surface area contributed by atoms with Gasteiger partial charge >= 0.3 is 0 Å². The quantitative estimate of drug-likeness (QED) is 0.443. The van der Waals surface area contributed by atoms with Crippen molar-refractivity contribution in [2.75, 3.05) is 14.2 Å². The van der Waals surface area contributed by atoms with Crippen LogP contribution in [0.15, 0.2) is 72.9 Å². The molecule has 0 saturated carbocycles. The zero-order valence-electron chi connectivity index (χ0n) is 18.2. The minimum atomic E-state index is -0.0110. The van der Waals surface area contributed by atoms with E-state index in [2.05, 4.69) is 39.9 Å². The van der Waals surface area contributed by atoms with Gasteiger partial charge in [0.25, 0.3) is 5.91 Å². The lowest BCUT2D eigenvalue weighted by atomic mass is 10.0. The third-order valence-electron chi connectivity index (χ3n) is 5.73. The van der Waals surface area contributed by atoms with Crippen molar-refractivity contribution >= 4 is 16.8 Å². The van der Waals surface area contributed by atoms with Crippen molar-refractivity contribution in [3.63, 3.8) is 0 Å². The molecule has 0 aliphatic rings. The summed E-state index contributed by atoms with van der Waals surface area (Å²) in [5.41, 5.74) is 4.94. The molecule has 0 spiro atoms. The number of benzene rings is 2. The summed E-state index contributed by atoms with van der Waals surface area (Å²) in [7, 11) is 5.55. The molecule has 0 saturated heterocycles. The number of rotatable bonds is 7. The monoisotopic (exact) mass is 413 g/mol. The molecule has 0 N–H and O–H groups in total. The number of nitrogens with zero attached hydrogens (tertiary/aromatic N) is 3. The van der Waals surface area contributed by atoms with Gasteiger partial charge in [-0.1, -0.05) is 30.3 Å². The molecular weight excluding hydrogens is 386 g/mol. The zero-order valence-corrected chi connectivity index (χ0v) is 18.2. The normalized spacial score (nSPS) is 10.9. The van der Waals surface area contributed by atoms with Crippen LogP contribution in [0.25, 0.3) is 10.9 Å². The molecule has 2 aromatic heterocycles. The lowest BCUT2D eigenvalue weighted by molar-refractivity contribution is 0.0781. The number of pyridine rings is 1. The highest BCUT2D eigenvalue weighted by Gasteiger charge is 2.18. The second kappa shape index (κ2) is 9.04. The van der Waals surface area contributed by atoms with Crippen molar-refractivity contribution in [3.05, 3.63) is 95.4 Å². The van der Waals surface area contributed by atoms with Crippen molar-refractivity contribution in [1.29, 1.82) is 0 Å². The summed E-state index contributed by atoms with van der Waals surface area (Å²) in [6, 6.07) is 22.1. The van der Waals surface area contributed by atoms with Crippen LogP contribution in [0.3, 0.4) is 0 Å². The van der Waals surface area contributed by atoms with Crippen LogP contribution in [0.2, 0.25) is 0 Å². The Labute approximate surface area is 182 Å². The minimum absolute atomic E-state index is 0.0110. The largest absolute Gasteiger partial charge is 0.497 e. The number of hydrogen-bond acceptors (Lipinski definition) is 3. The molecule has 0 atom stereocenters. The summed E-state index contributed by atoms with van der Waals surface area (Å²) in [5, 5.41) is 1.18. The first-order valence-electron chi connectivity index (χ1n) is 10.4. The molecule has 2 aromatic carbocycles. The maximum absolute atomic E-state index is 13.3. The molecule has 31 heavy (non-hydrogen) atoms. The van der Waals surface area contributed by atoms with Gasteiger partial charge in [0.05, 0.1) is 24.9 Å². The lowest BCUT2D eigenvalue weighted by Gasteiger charge is -2.19. The average molecular weight is 414 g/mol. The fourth-order valence-electron chi connectivity index (χ4n) is 3.91. The molecule has 5 nitrogen and oxygen atoms in total. The summed E-state index contributed by atoms with van der Waals surface area (Å²) in [6.45, 7) is 0.539. The van der Waals surface area contributed by atoms with E-state index in [9.17, 15) is 4.79 Å². The summed E-state index contributed by atoms with van der Waals surface area (Å²) < 4.78 is 7.37. The van der Waals surface area contributed by atoms with E-state index in [1.54, 1.807) is 18.2 Å². The topological polar surface area (TPSA) is 47.4 Å². The first-order valence-corrected chi connectivity index (χ1v) is 10.4. The first-order chi connectivity index (χ1) is 15.1. The SMILES string of the molecule is COc1ccc(CCc2ncccc2C(=O)N(C)Cc2cc3ccccc3n2C)cc1. The Morgan fingerprint density at radius 3 is 2.55 bits per heavy atom. The molecule has 5 heteroatoms. The van der Waals surface area contributed by atoms with Gasteiger partial charge in [-0.05, 0) is 60.2 Å². The standard InChI is InChI=1S/C26H27N3O2/c1-28(18-21-17-20-7-4-5-9-25(20)29(21)2)26(30)23-8-6-16-27-24(23)15-12-19-10-13-22(31-3)14-11-19/h4-11,13-14,16-17H,12,15,18H2,1-3H3. The van der Waals surface area contributed by atoms with Crippen LogP contribution >= 0.6 is 0 Å². The van der Waals surface area contributed by atoms with Gasteiger partial charge in [-0.3, -0.25) is 9.78 Å². The summed E-state index contributed by atoms with van der Waals surface area (Å²) in [6.07, 6.45) is 3.27. The fourth-order valence-corrected chi connectivity index (χ4v) is 3.91. The van der Waals surface area contributed by atoms with E-state index in [4.69, 9.17) is 4.74 Å². The average Bonchev–Trinajstić information content (AvgIpc) is 3.13. The van der Waals surface area contributed by atoms with Crippen molar-refractivity contribution in [2.24, 2.45) is 7.05 Å². The zero-order chi connectivity index (χ0) is 21.8. The number of ether oxygens (including phenoxy) is 1. The van der Waals surface area contributed by atoms with Gasteiger partial charge in [0.15, 0.2) is 0 Å². The molecule has 0 fully saturated rings. The van der Waals surface area contributed by atoms with Crippen molar-refractivity contribution < 1.29 is 9.53 Å². The van der Waals surface area contributed by atoms with Gasteiger partial charge in [0.1, 0.15) is 5.75 Å². The molecule has 0 aliphatic heterocycles. The second-order valence-corrected chi connectivity index (χ2v) is 7.76. The lowest BCUT2D eigenvalue weighted by Crippen LogP contribution is -2.28. The van der Waals surface area contributed by atoms with Crippen molar-refractivity contribution in [3.8, 4) is 5.75 Å². The molecule has 1 amide bonds. The van der Waals surface area contributed by atoms with Crippen LogP contribution in [-0.2, 0) is 26.4 Å². The van der Waals surface area contributed by atoms with Gasteiger partial charge < -0.3 is 14.2 Å².